The molecule has 0 unspecified atom stereocenters. The molecule has 4 nitrogen and oxygen atoms in total. The summed E-state index contributed by atoms with van der Waals surface area (Å²) < 4.78 is 29.3. The number of anilines is 1. The summed E-state index contributed by atoms with van der Waals surface area (Å²) in [5, 5.41) is 2.89. The van der Waals surface area contributed by atoms with E-state index in [1.54, 1.807) is 12.1 Å². The van der Waals surface area contributed by atoms with Gasteiger partial charge >= 0.3 is 5.97 Å². The fourth-order valence-electron chi connectivity index (χ4n) is 1.75. The molecule has 2 aromatic carbocycles. The van der Waals surface area contributed by atoms with Crippen LogP contribution in [-0.2, 0) is 9.53 Å². The largest absolute Gasteiger partial charge is 0.452 e. The van der Waals surface area contributed by atoms with Crippen LogP contribution in [0.2, 0.25) is 5.02 Å². The Kier molecular flexibility index (Phi) is 6.57. The van der Waals surface area contributed by atoms with Crippen molar-refractivity contribution in [3.63, 3.8) is 0 Å². The number of amides is 1. The first-order valence-electron chi connectivity index (χ1n) is 6.71. The van der Waals surface area contributed by atoms with Crippen molar-refractivity contribution in [2.75, 3.05) is 11.9 Å². The summed E-state index contributed by atoms with van der Waals surface area (Å²) in [6, 6.07) is 12.1. The van der Waals surface area contributed by atoms with E-state index in [1.165, 1.54) is 36.4 Å². The number of esters is 1. The lowest BCUT2D eigenvalue weighted by atomic mass is 10.2. The van der Waals surface area contributed by atoms with Gasteiger partial charge in [-0.25, -0.2) is 4.79 Å². The average molecular weight is 372 g/mol. The third-order valence-corrected chi connectivity index (χ3v) is 3.72. The van der Waals surface area contributed by atoms with Crippen LogP contribution in [0.4, 0.5) is 14.5 Å². The van der Waals surface area contributed by atoms with Gasteiger partial charge in [0.15, 0.2) is 6.61 Å². The van der Waals surface area contributed by atoms with Gasteiger partial charge in [0.05, 0.1) is 5.56 Å². The van der Waals surface area contributed by atoms with E-state index in [9.17, 15) is 18.4 Å². The molecule has 0 fully saturated rings. The number of benzene rings is 2. The second kappa shape index (κ2) is 8.65. The predicted octanol–water partition coefficient (Wildman–Crippen LogP) is 4.45. The minimum absolute atomic E-state index is 0.240. The highest BCUT2D eigenvalue weighted by Gasteiger charge is 2.11. The van der Waals surface area contributed by atoms with Crippen LogP contribution in [-0.4, -0.2) is 24.2 Å². The number of nitrogens with one attached hydrogen (secondary N) is 1. The first-order chi connectivity index (χ1) is 11.4. The zero-order chi connectivity index (χ0) is 17.5. The lowest BCUT2D eigenvalue weighted by Gasteiger charge is -2.07. The topological polar surface area (TPSA) is 55.4 Å². The van der Waals surface area contributed by atoms with Gasteiger partial charge in [-0.05, 0) is 42.5 Å². The number of carbonyl (C=O) groups is 2. The van der Waals surface area contributed by atoms with E-state index in [0.717, 1.165) is 0 Å². The Hall–Kier alpha value is -2.12. The molecular weight excluding hydrogens is 360 g/mol. The molecule has 0 saturated heterocycles. The molecule has 0 heterocycles. The fraction of sp³-hybridized carbons (Fsp3) is 0.125. The molecule has 2 aromatic rings. The molecule has 1 N–H and O–H groups in total. The quantitative estimate of drug-likeness (QED) is 0.602. The SMILES string of the molecule is O=C(COC(=O)c1cccc(Cl)c1)Nc1ccc(SC(F)F)cc1. The van der Waals surface area contributed by atoms with Gasteiger partial charge in [-0.1, -0.05) is 29.4 Å². The third kappa shape index (κ3) is 5.82. The van der Waals surface area contributed by atoms with Crippen LogP contribution in [0.5, 0.6) is 0 Å². The number of carbonyl (C=O) groups excluding carboxylic acids is 2. The molecule has 0 saturated carbocycles. The summed E-state index contributed by atoms with van der Waals surface area (Å²) in [5.41, 5.74) is 0.654. The highest BCUT2D eigenvalue weighted by atomic mass is 35.5. The smallest absolute Gasteiger partial charge is 0.338 e. The Morgan fingerprint density at radius 2 is 1.88 bits per heavy atom. The normalized spacial score (nSPS) is 10.5. The van der Waals surface area contributed by atoms with E-state index in [0.29, 0.717) is 27.4 Å². The Balaban J connectivity index is 1.83. The highest BCUT2D eigenvalue weighted by molar-refractivity contribution is 7.99. The van der Waals surface area contributed by atoms with Gasteiger partial charge in [0.2, 0.25) is 0 Å². The number of halogens is 3. The van der Waals surface area contributed by atoms with Crippen LogP contribution in [0, 0.1) is 0 Å². The number of hydrogen-bond donors (Lipinski definition) is 1. The number of rotatable bonds is 6. The lowest BCUT2D eigenvalue weighted by molar-refractivity contribution is -0.119. The van der Waals surface area contributed by atoms with Gasteiger partial charge < -0.3 is 10.1 Å². The van der Waals surface area contributed by atoms with Crippen molar-refractivity contribution in [2.45, 2.75) is 10.7 Å². The molecule has 126 valence electrons. The zero-order valence-corrected chi connectivity index (χ0v) is 13.7. The summed E-state index contributed by atoms with van der Waals surface area (Å²) in [6.07, 6.45) is 0. The second-order valence-corrected chi connectivity index (χ2v) is 6.04. The van der Waals surface area contributed by atoms with Gasteiger partial charge in [-0.15, -0.1) is 0 Å². The molecule has 8 heteroatoms. The molecule has 0 spiro atoms. The molecule has 0 aliphatic heterocycles. The summed E-state index contributed by atoms with van der Waals surface area (Å²) in [7, 11) is 0. The van der Waals surface area contributed by atoms with Crippen LogP contribution in [0.1, 0.15) is 10.4 Å². The van der Waals surface area contributed by atoms with Gasteiger partial charge in [0.25, 0.3) is 11.7 Å². The molecule has 0 bridgehead atoms. The fourth-order valence-corrected chi connectivity index (χ4v) is 2.44. The summed E-state index contributed by atoms with van der Waals surface area (Å²) in [4.78, 5) is 23.9. The van der Waals surface area contributed by atoms with E-state index in [4.69, 9.17) is 16.3 Å². The van der Waals surface area contributed by atoms with Crippen molar-refractivity contribution in [3.8, 4) is 0 Å². The zero-order valence-electron chi connectivity index (χ0n) is 12.2. The Labute approximate surface area is 146 Å². The third-order valence-electron chi connectivity index (χ3n) is 2.76. The minimum Gasteiger partial charge on any atom is -0.452 e. The number of ether oxygens (including phenoxy) is 1. The van der Waals surface area contributed by atoms with Crippen molar-refractivity contribution in [1.82, 2.24) is 0 Å². The van der Waals surface area contributed by atoms with Crippen molar-refractivity contribution < 1.29 is 23.1 Å². The first-order valence-corrected chi connectivity index (χ1v) is 7.97. The van der Waals surface area contributed by atoms with Crippen molar-refractivity contribution in [3.05, 3.63) is 59.1 Å². The average Bonchev–Trinajstić information content (AvgIpc) is 2.54. The van der Waals surface area contributed by atoms with Crippen LogP contribution in [0.25, 0.3) is 0 Å². The molecule has 24 heavy (non-hydrogen) atoms. The van der Waals surface area contributed by atoms with E-state index < -0.39 is 24.2 Å². The molecule has 0 aromatic heterocycles. The summed E-state index contributed by atoms with van der Waals surface area (Å²) in [5.74, 6) is -3.72. The minimum atomic E-state index is -2.50. The maximum absolute atomic E-state index is 12.2. The first kappa shape index (κ1) is 18.2. The standard InChI is InChI=1S/C16H12ClF2NO3S/c17-11-3-1-2-10(8-11)15(22)23-9-14(21)20-12-4-6-13(7-5-12)24-16(18)19/h1-8,16H,9H2,(H,20,21). The number of alkyl halides is 2. The van der Waals surface area contributed by atoms with Crippen LogP contribution < -0.4 is 5.32 Å². The maximum atomic E-state index is 12.2. The lowest BCUT2D eigenvalue weighted by Crippen LogP contribution is -2.20. The molecule has 1 amide bonds. The highest BCUT2D eigenvalue weighted by Crippen LogP contribution is 2.26. The van der Waals surface area contributed by atoms with Crippen LogP contribution in [0.15, 0.2) is 53.4 Å². The van der Waals surface area contributed by atoms with E-state index in [2.05, 4.69) is 5.32 Å². The Morgan fingerprint density at radius 1 is 1.17 bits per heavy atom. The molecule has 2 rings (SSSR count). The summed E-state index contributed by atoms with van der Waals surface area (Å²) >= 11 is 6.18. The van der Waals surface area contributed by atoms with Gasteiger partial charge in [0, 0.05) is 15.6 Å². The predicted molar refractivity (Wildman–Crippen MR) is 88.7 cm³/mol. The molecular formula is C16H12ClF2NO3S. The molecule has 0 aliphatic carbocycles. The number of thioether (sulfide) groups is 1. The van der Waals surface area contributed by atoms with Crippen LogP contribution >= 0.6 is 23.4 Å². The van der Waals surface area contributed by atoms with Crippen molar-refractivity contribution >= 4 is 40.9 Å². The van der Waals surface area contributed by atoms with Crippen molar-refractivity contribution in [2.24, 2.45) is 0 Å². The monoisotopic (exact) mass is 371 g/mol. The van der Waals surface area contributed by atoms with Crippen LogP contribution in [0.3, 0.4) is 0 Å². The Bertz CT molecular complexity index is 726. The van der Waals surface area contributed by atoms with E-state index >= 15 is 0 Å². The number of hydrogen-bond acceptors (Lipinski definition) is 4. The van der Waals surface area contributed by atoms with E-state index in [1.807, 2.05) is 0 Å². The second-order valence-electron chi connectivity index (χ2n) is 4.54. The Morgan fingerprint density at radius 3 is 2.50 bits per heavy atom. The van der Waals surface area contributed by atoms with Gasteiger partial charge in [0.1, 0.15) is 0 Å². The maximum Gasteiger partial charge on any atom is 0.338 e. The molecule has 0 radical (unpaired) electrons. The summed E-state index contributed by atoms with van der Waals surface area (Å²) in [6.45, 7) is -0.473. The van der Waals surface area contributed by atoms with Gasteiger partial charge in [-0.3, -0.25) is 4.79 Å². The van der Waals surface area contributed by atoms with Gasteiger partial charge in [-0.2, -0.15) is 8.78 Å². The van der Waals surface area contributed by atoms with E-state index in [-0.39, 0.29) is 5.56 Å². The molecule has 0 atom stereocenters. The van der Waals surface area contributed by atoms with Crippen molar-refractivity contribution in [1.29, 1.82) is 0 Å². The molecule has 0 aliphatic rings.